The number of ether oxygens (including phenoxy) is 1. The van der Waals surface area contributed by atoms with Gasteiger partial charge in [0.25, 0.3) is 0 Å². The average molecular weight is 328 g/mol. The summed E-state index contributed by atoms with van der Waals surface area (Å²) in [7, 11) is 3.55. The molecule has 0 unspecified atom stereocenters. The van der Waals surface area contributed by atoms with E-state index in [2.05, 4.69) is 15.9 Å². The Hall–Kier alpha value is -1.23. The number of methoxy groups -OCH3 is 1. The molecule has 4 nitrogen and oxygen atoms in total. The number of carboxylic acids is 1. The summed E-state index contributed by atoms with van der Waals surface area (Å²) in [5, 5.41) is 9.36. The summed E-state index contributed by atoms with van der Waals surface area (Å²) in [6.45, 7) is 0.543. The van der Waals surface area contributed by atoms with Crippen LogP contribution in [-0.4, -0.2) is 31.8 Å². The number of nitrogens with zero attached hydrogens (tertiary/aromatic N) is 1. The Morgan fingerprint density at radius 3 is 2.63 bits per heavy atom. The molecular formula is C14H18BrNO3. The SMILES string of the molecule is COc1ccc(N(C)CC2(C(=O)O)CCC2)cc1Br. The van der Waals surface area contributed by atoms with Gasteiger partial charge in [-0.05, 0) is 47.0 Å². The largest absolute Gasteiger partial charge is 0.496 e. The van der Waals surface area contributed by atoms with E-state index in [1.54, 1.807) is 7.11 Å². The van der Waals surface area contributed by atoms with E-state index in [1.165, 1.54) is 0 Å². The number of carbonyl (C=O) groups is 1. The lowest BCUT2D eigenvalue weighted by atomic mass is 9.68. The molecule has 1 aliphatic rings. The van der Waals surface area contributed by atoms with E-state index in [0.717, 1.165) is 35.2 Å². The van der Waals surface area contributed by atoms with Crippen molar-refractivity contribution in [2.75, 3.05) is 25.6 Å². The number of halogens is 1. The zero-order valence-corrected chi connectivity index (χ0v) is 12.7. The summed E-state index contributed by atoms with van der Waals surface area (Å²) in [6, 6.07) is 5.77. The monoisotopic (exact) mass is 327 g/mol. The highest BCUT2D eigenvalue weighted by atomic mass is 79.9. The molecule has 0 amide bonds. The molecule has 1 aromatic rings. The zero-order valence-electron chi connectivity index (χ0n) is 11.1. The van der Waals surface area contributed by atoms with E-state index < -0.39 is 11.4 Å². The van der Waals surface area contributed by atoms with E-state index in [9.17, 15) is 9.90 Å². The van der Waals surface area contributed by atoms with Crippen molar-refractivity contribution in [1.29, 1.82) is 0 Å². The summed E-state index contributed by atoms with van der Waals surface area (Å²) < 4.78 is 6.06. The molecule has 0 aliphatic heterocycles. The lowest BCUT2D eigenvalue weighted by molar-refractivity contribution is -0.153. The third-order valence-electron chi connectivity index (χ3n) is 3.88. The van der Waals surface area contributed by atoms with Gasteiger partial charge < -0.3 is 14.7 Å². The number of rotatable bonds is 5. The van der Waals surface area contributed by atoms with E-state index in [4.69, 9.17) is 4.74 Å². The van der Waals surface area contributed by atoms with Gasteiger partial charge in [0.1, 0.15) is 5.75 Å². The molecule has 2 rings (SSSR count). The Kier molecular flexibility index (Phi) is 4.04. The second-order valence-electron chi connectivity index (χ2n) is 5.11. The van der Waals surface area contributed by atoms with Crippen LogP contribution < -0.4 is 9.64 Å². The minimum absolute atomic E-state index is 0.543. The van der Waals surface area contributed by atoms with Gasteiger partial charge in [0.15, 0.2) is 0 Å². The summed E-state index contributed by atoms with van der Waals surface area (Å²) in [6.07, 6.45) is 2.54. The first-order valence-electron chi connectivity index (χ1n) is 6.26. The number of aliphatic carboxylic acids is 1. The van der Waals surface area contributed by atoms with Crippen molar-refractivity contribution in [3.8, 4) is 5.75 Å². The van der Waals surface area contributed by atoms with Crippen molar-refractivity contribution in [2.45, 2.75) is 19.3 Å². The quantitative estimate of drug-likeness (QED) is 0.902. The first kappa shape index (κ1) is 14.2. The topological polar surface area (TPSA) is 49.8 Å². The number of carboxylic acid groups (broad SMARTS) is 1. The molecule has 0 spiro atoms. The Bertz CT molecular complexity index is 486. The lowest BCUT2D eigenvalue weighted by Crippen LogP contribution is -2.46. The maximum absolute atomic E-state index is 11.4. The van der Waals surface area contributed by atoms with Gasteiger partial charge in [0, 0.05) is 19.3 Å². The van der Waals surface area contributed by atoms with Crippen LogP contribution in [0.15, 0.2) is 22.7 Å². The number of benzene rings is 1. The second-order valence-corrected chi connectivity index (χ2v) is 5.97. The highest BCUT2D eigenvalue weighted by Crippen LogP contribution is 2.42. The van der Waals surface area contributed by atoms with Gasteiger partial charge >= 0.3 is 5.97 Å². The zero-order chi connectivity index (χ0) is 14.0. The van der Waals surface area contributed by atoms with Gasteiger partial charge in [-0.3, -0.25) is 4.79 Å². The van der Waals surface area contributed by atoms with Crippen LogP contribution in [0.5, 0.6) is 5.75 Å². The van der Waals surface area contributed by atoms with E-state index in [1.807, 2.05) is 30.1 Å². The molecule has 1 N–H and O–H groups in total. The van der Waals surface area contributed by atoms with Crippen LogP contribution in [-0.2, 0) is 4.79 Å². The summed E-state index contributed by atoms with van der Waals surface area (Å²) in [4.78, 5) is 13.4. The van der Waals surface area contributed by atoms with Gasteiger partial charge in [-0.1, -0.05) is 6.42 Å². The van der Waals surface area contributed by atoms with E-state index >= 15 is 0 Å². The molecule has 1 aliphatic carbocycles. The maximum Gasteiger partial charge on any atom is 0.311 e. The Labute approximate surface area is 121 Å². The predicted molar refractivity (Wildman–Crippen MR) is 77.9 cm³/mol. The Morgan fingerprint density at radius 2 is 2.21 bits per heavy atom. The molecule has 19 heavy (non-hydrogen) atoms. The first-order chi connectivity index (χ1) is 8.98. The van der Waals surface area contributed by atoms with Gasteiger partial charge in [0.05, 0.1) is 17.0 Å². The molecule has 0 heterocycles. The highest BCUT2D eigenvalue weighted by molar-refractivity contribution is 9.10. The normalized spacial score (nSPS) is 16.6. The smallest absolute Gasteiger partial charge is 0.311 e. The highest BCUT2D eigenvalue weighted by Gasteiger charge is 2.45. The van der Waals surface area contributed by atoms with Gasteiger partial charge in [0.2, 0.25) is 0 Å². The van der Waals surface area contributed by atoms with Crippen LogP contribution in [0.4, 0.5) is 5.69 Å². The summed E-state index contributed by atoms with van der Waals surface area (Å²) in [5.74, 6) is 0.0897. The maximum atomic E-state index is 11.4. The minimum atomic E-state index is -0.682. The first-order valence-corrected chi connectivity index (χ1v) is 7.06. The number of hydrogen-bond acceptors (Lipinski definition) is 3. The van der Waals surface area contributed by atoms with Gasteiger partial charge in [-0.25, -0.2) is 0 Å². The van der Waals surface area contributed by atoms with Crippen LogP contribution in [0.25, 0.3) is 0 Å². The third-order valence-corrected chi connectivity index (χ3v) is 4.50. The standard InChI is InChI=1S/C14H18BrNO3/c1-16(9-14(13(17)18)6-3-7-14)10-4-5-12(19-2)11(15)8-10/h4-5,8H,3,6-7,9H2,1-2H3,(H,17,18). The minimum Gasteiger partial charge on any atom is -0.496 e. The molecule has 1 fully saturated rings. The molecule has 1 saturated carbocycles. The Balaban J connectivity index is 2.13. The molecule has 0 saturated heterocycles. The molecule has 0 aromatic heterocycles. The molecule has 0 atom stereocenters. The van der Waals surface area contributed by atoms with E-state index in [-0.39, 0.29) is 0 Å². The molecular weight excluding hydrogens is 310 g/mol. The van der Waals surface area contributed by atoms with Crippen LogP contribution in [0.2, 0.25) is 0 Å². The Morgan fingerprint density at radius 1 is 1.53 bits per heavy atom. The predicted octanol–water partition coefficient (Wildman–Crippen LogP) is 3.15. The molecule has 0 radical (unpaired) electrons. The van der Waals surface area contributed by atoms with Crippen molar-refractivity contribution in [1.82, 2.24) is 0 Å². The van der Waals surface area contributed by atoms with Crippen molar-refractivity contribution in [3.63, 3.8) is 0 Å². The van der Waals surface area contributed by atoms with Crippen molar-refractivity contribution < 1.29 is 14.6 Å². The fourth-order valence-corrected chi connectivity index (χ4v) is 3.01. The van der Waals surface area contributed by atoms with Gasteiger partial charge in [-0.2, -0.15) is 0 Å². The van der Waals surface area contributed by atoms with E-state index in [0.29, 0.717) is 6.54 Å². The van der Waals surface area contributed by atoms with Gasteiger partial charge in [-0.15, -0.1) is 0 Å². The van der Waals surface area contributed by atoms with Crippen molar-refractivity contribution in [3.05, 3.63) is 22.7 Å². The fourth-order valence-electron chi connectivity index (χ4n) is 2.48. The second kappa shape index (κ2) is 5.41. The number of hydrogen-bond donors (Lipinski definition) is 1. The van der Waals surface area contributed by atoms with Crippen LogP contribution in [0, 0.1) is 5.41 Å². The van der Waals surface area contributed by atoms with Crippen LogP contribution in [0.3, 0.4) is 0 Å². The number of anilines is 1. The fraction of sp³-hybridized carbons (Fsp3) is 0.500. The third kappa shape index (κ3) is 2.71. The van der Waals surface area contributed by atoms with Crippen LogP contribution in [0.1, 0.15) is 19.3 Å². The average Bonchev–Trinajstić information content (AvgIpc) is 2.32. The summed E-state index contributed by atoms with van der Waals surface area (Å²) in [5.41, 5.74) is 0.418. The van der Waals surface area contributed by atoms with Crippen molar-refractivity contribution in [2.24, 2.45) is 5.41 Å². The van der Waals surface area contributed by atoms with Crippen molar-refractivity contribution >= 4 is 27.6 Å². The molecule has 1 aromatic carbocycles. The molecule has 5 heteroatoms. The lowest BCUT2D eigenvalue weighted by Gasteiger charge is -2.41. The van der Waals surface area contributed by atoms with Crippen LogP contribution >= 0.6 is 15.9 Å². The summed E-state index contributed by atoms with van der Waals surface area (Å²) >= 11 is 3.45. The molecule has 104 valence electrons. The molecule has 0 bridgehead atoms.